The van der Waals surface area contributed by atoms with Gasteiger partial charge in [0.2, 0.25) is 5.91 Å². The number of likely N-dealkylation sites (tertiary alicyclic amines) is 1. The highest BCUT2D eigenvalue weighted by atomic mass is 16.5. The largest absolute Gasteiger partial charge is 0.496 e. The average Bonchev–Trinajstić information content (AvgIpc) is 2.88. The molecule has 0 N–H and O–H groups in total. The van der Waals surface area contributed by atoms with Gasteiger partial charge in [0.1, 0.15) is 11.2 Å². The summed E-state index contributed by atoms with van der Waals surface area (Å²) >= 11 is 0. The number of carbonyl (C=O) groups is 2. The van der Waals surface area contributed by atoms with E-state index < -0.39 is 5.41 Å². The molecule has 176 valence electrons. The molecule has 4 rings (SSSR count). The van der Waals surface area contributed by atoms with E-state index in [-0.39, 0.29) is 11.8 Å². The molecule has 33 heavy (non-hydrogen) atoms. The van der Waals surface area contributed by atoms with Crippen LogP contribution in [0.1, 0.15) is 48.2 Å². The molecule has 1 atom stereocenters. The van der Waals surface area contributed by atoms with Gasteiger partial charge in [0.05, 0.1) is 18.4 Å². The minimum atomic E-state index is -0.851. The first-order valence-electron chi connectivity index (χ1n) is 11.8. The highest BCUT2D eigenvalue weighted by molar-refractivity contribution is 5.99. The van der Waals surface area contributed by atoms with E-state index >= 15 is 0 Å². The van der Waals surface area contributed by atoms with Gasteiger partial charge in [0, 0.05) is 52.2 Å². The lowest BCUT2D eigenvalue weighted by molar-refractivity contribution is -0.136. The lowest BCUT2D eigenvalue weighted by atomic mass is 9.75. The van der Waals surface area contributed by atoms with Gasteiger partial charge in [0.15, 0.2) is 0 Å². The highest BCUT2D eigenvalue weighted by Gasteiger charge is 2.47. The quantitative estimate of drug-likeness (QED) is 0.699. The van der Waals surface area contributed by atoms with Crippen molar-refractivity contribution in [2.75, 3.05) is 52.3 Å². The molecule has 7 nitrogen and oxygen atoms in total. The normalized spacial score (nSPS) is 20.9. The van der Waals surface area contributed by atoms with E-state index in [2.05, 4.69) is 9.88 Å². The summed E-state index contributed by atoms with van der Waals surface area (Å²) in [5, 5.41) is 0. The number of hydrogen-bond donors (Lipinski definition) is 0. The molecule has 0 spiro atoms. The van der Waals surface area contributed by atoms with Crippen LogP contribution in [0, 0.1) is 0 Å². The number of carbonyl (C=O) groups excluding carboxylic acids is 2. The van der Waals surface area contributed by atoms with Gasteiger partial charge in [-0.25, -0.2) is 0 Å². The third-order valence-corrected chi connectivity index (χ3v) is 6.89. The molecule has 2 saturated heterocycles. The van der Waals surface area contributed by atoms with Gasteiger partial charge in [-0.2, -0.15) is 0 Å². The summed E-state index contributed by atoms with van der Waals surface area (Å²) < 4.78 is 5.57. The first-order chi connectivity index (χ1) is 16.0. The van der Waals surface area contributed by atoms with Crippen LogP contribution in [-0.4, -0.2) is 74.0 Å². The molecule has 1 aromatic heterocycles. The maximum absolute atomic E-state index is 13.8. The van der Waals surface area contributed by atoms with Gasteiger partial charge >= 0.3 is 0 Å². The number of rotatable bonds is 5. The molecule has 3 heterocycles. The molecule has 2 amide bonds. The first-order valence-corrected chi connectivity index (χ1v) is 11.8. The Morgan fingerprint density at radius 1 is 1.03 bits per heavy atom. The first kappa shape index (κ1) is 23.1. The zero-order valence-corrected chi connectivity index (χ0v) is 19.9. The zero-order chi connectivity index (χ0) is 23.4. The predicted molar refractivity (Wildman–Crippen MR) is 129 cm³/mol. The molecular formula is C26H34N4O3. The van der Waals surface area contributed by atoms with E-state index in [9.17, 15) is 9.59 Å². The summed E-state index contributed by atoms with van der Waals surface area (Å²) in [5.41, 5.74) is 1.47. The number of piperidine rings is 2. The highest BCUT2D eigenvalue weighted by Crippen LogP contribution is 2.36. The second-order valence-corrected chi connectivity index (χ2v) is 9.26. The van der Waals surface area contributed by atoms with Crippen molar-refractivity contribution in [2.24, 2.45) is 0 Å². The summed E-state index contributed by atoms with van der Waals surface area (Å²) in [6.45, 7) is 2.91. The van der Waals surface area contributed by atoms with Crippen LogP contribution in [-0.2, 0) is 10.2 Å². The Hall–Kier alpha value is -3.09. The maximum atomic E-state index is 13.8. The summed E-state index contributed by atoms with van der Waals surface area (Å²) in [4.78, 5) is 37.5. The molecule has 1 aromatic carbocycles. The fraction of sp³-hybridized carbons (Fsp3) is 0.500. The van der Waals surface area contributed by atoms with E-state index in [0.29, 0.717) is 30.8 Å². The smallest absolute Gasteiger partial charge is 0.257 e. The molecule has 7 heteroatoms. The lowest BCUT2D eigenvalue weighted by Gasteiger charge is -2.42. The SMILES string of the molecule is COc1ccc(N2CCCCC2)cc1C(=O)N1CCCC(C(=O)N(C)C)(c2ccccn2)C1. The van der Waals surface area contributed by atoms with Crippen molar-refractivity contribution in [3.8, 4) is 5.75 Å². The Morgan fingerprint density at radius 2 is 1.82 bits per heavy atom. The number of amides is 2. The number of nitrogens with zero attached hydrogens (tertiary/aromatic N) is 4. The fourth-order valence-corrected chi connectivity index (χ4v) is 5.18. The Labute approximate surface area is 196 Å². The molecule has 1 unspecified atom stereocenters. The van der Waals surface area contributed by atoms with Crippen LogP contribution in [0.5, 0.6) is 5.75 Å². The molecule has 0 bridgehead atoms. The number of pyridine rings is 1. The number of benzene rings is 1. The second-order valence-electron chi connectivity index (χ2n) is 9.26. The van der Waals surface area contributed by atoms with Gasteiger partial charge in [-0.1, -0.05) is 6.07 Å². The number of ether oxygens (including phenoxy) is 1. The van der Waals surface area contributed by atoms with Gasteiger partial charge in [-0.05, 0) is 62.4 Å². The van der Waals surface area contributed by atoms with Crippen molar-refractivity contribution < 1.29 is 14.3 Å². The number of hydrogen-bond acceptors (Lipinski definition) is 5. The second kappa shape index (κ2) is 9.81. The molecule has 2 aliphatic rings. The topological polar surface area (TPSA) is 66.0 Å². The Balaban J connectivity index is 1.67. The summed E-state index contributed by atoms with van der Waals surface area (Å²) in [6, 6.07) is 11.5. The van der Waals surface area contributed by atoms with Crippen LogP contribution < -0.4 is 9.64 Å². The number of methoxy groups -OCH3 is 1. The third kappa shape index (κ3) is 4.54. The van der Waals surface area contributed by atoms with E-state index in [1.54, 1.807) is 37.2 Å². The lowest BCUT2D eigenvalue weighted by Crippen LogP contribution is -2.56. The molecule has 0 aliphatic carbocycles. The Bertz CT molecular complexity index is 988. The van der Waals surface area contributed by atoms with E-state index in [1.807, 2.05) is 36.4 Å². The van der Waals surface area contributed by atoms with E-state index in [1.165, 1.54) is 19.3 Å². The summed E-state index contributed by atoms with van der Waals surface area (Å²) in [5.74, 6) is 0.443. The zero-order valence-electron chi connectivity index (χ0n) is 19.9. The molecule has 2 aliphatic heterocycles. The van der Waals surface area contributed by atoms with Crippen molar-refractivity contribution in [3.05, 3.63) is 53.9 Å². The summed E-state index contributed by atoms with van der Waals surface area (Å²) in [6.07, 6.45) is 6.70. The van der Waals surface area contributed by atoms with Crippen molar-refractivity contribution in [3.63, 3.8) is 0 Å². The van der Waals surface area contributed by atoms with Crippen LogP contribution in [0.4, 0.5) is 5.69 Å². The third-order valence-electron chi connectivity index (χ3n) is 6.89. The van der Waals surface area contributed by atoms with E-state index in [4.69, 9.17) is 4.74 Å². The van der Waals surface area contributed by atoms with Crippen molar-refractivity contribution in [1.29, 1.82) is 0 Å². The van der Waals surface area contributed by atoms with Crippen molar-refractivity contribution in [2.45, 2.75) is 37.5 Å². The Morgan fingerprint density at radius 3 is 2.48 bits per heavy atom. The fourth-order valence-electron chi connectivity index (χ4n) is 5.18. The van der Waals surface area contributed by atoms with Gasteiger partial charge < -0.3 is 19.4 Å². The molecular weight excluding hydrogens is 416 g/mol. The van der Waals surface area contributed by atoms with Crippen LogP contribution >= 0.6 is 0 Å². The Kier molecular flexibility index (Phi) is 6.86. The molecule has 0 radical (unpaired) electrons. The number of aromatic nitrogens is 1. The van der Waals surface area contributed by atoms with Gasteiger partial charge in [0.25, 0.3) is 5.91 Å². The number of likely N-dealkylation sites (N-methyl/N-ethyl adjacent to an activating group) is 1. The van der Waals surface area contributed by atoms with E-state index in [0.717, 1.165) is 30.9 Å². The monoisotopic (exact) mass is 450 g/mol. The van der Waals surface area contributed by atoms with Crippen LogP contribution in [0.15, 0.2) is 42.6 Å². The van der Waals surface area contributed by atoms with Crippen molar-refractivity contribution >= 4 is 17.5 Å². The average molecular weight is 451 g/mol. The standard InChI is InChI=1S/C26H34N4O3/c1-28(2)25(32)26(23-10-5-6-14-27-23)13-9-17-30(19-26)24(31)21-18-20(11-12-22(21)33-3)29-15-7-4-8-16-29/h5-6,10-12,14,18H,4,7-9,13,15-17,19H2,1-3H3. The maximum Gasteiger partial charge on any atom is 0.257 e. The van der Waals surface area contributed by atoms with Gasteiger partial charge in [-0.15, -0.1) is 0 Å². The van der Waals surface area contributed by atoms with Crippen LogP contribution in [0.25, 0.3) is 0 Å². The molecule has 0 saturated carbocycles. The molecule has 2 fully saturated rings. The minimum Gasteiger partial charge on any atom is -0.496 e. The number of anilines is 1. The summed E-state index contributed by atoms with van der Waals surface area (Å²) in [7, 11) is 5.12. The van der Waals surface area contributed by atoms with Crippen LogP contribution in [0.2, 0.25) is 0 Å². The predicted octanol–water partition coefficient (Wildman–Crippen LogP) is 3.34. The van der Waals surface area contributed by atoms with Crippen LogP contribution in [0.3, 0.4) is 0 Å². The molecule has 2 aromatic rings. The minimum absolute atomic E-state index is 0.0206. The van der Waals surface area contributed by atoms with Gasteiger partial charge in [-0.3, -0.25) is 14.6 Å². The van der Waals surface area contributed by atoms with Crippen molar-refractivity contribution in [1.82, 2.24) is 14.8 Å².